The highest BCUT2D eigenvalue weighted by molar-refractivity contribution is 6.20. The molecule has 0 bridgehead atoms. The van der Waals surface area contributed by atoms with E-state index in [0.717, 1.165) is 5.57 Å². The van der Waals surface area contributed by atoms with Crippen molar-refractivity contribution >= 4 is 17.2 Å². The summed E-state index contributed by atoms with van der Waals surface area (Å²) in [6.45, 7) is 10.0. The Morgan fingerprint density at radius 2 is 2.08 bits per heavy atom. The van der Waals surface area contributed by atoms with Crippen LogP contribution in [0.2, 0.25) is 0 Å². The SMILES string of the molecule is C=C(C)c1ccc(C(C)Cl)cc1C. The van der Waals surface area contributed by atoms with Crippen molar-refractivity contribution in [3.05, 3.63) is 41.5 Å². The molecule has 0 aliphatic heterocycles. The van der Waals surface area contributed by atoms with Gasteiger partial charge in [0, 0.05) is 0 Å². The first-order chi connectivity index (χ1) is 6.02. The van der Waals surface area contributed by atoms with Crippen molar-refractivity contribution < 1.29 is 0 Å². The average Bonchev–Trinajstić information content (AvgIpc) is 2.03. The second-order valence-electron chi connectivity index (χ2n) is 3.47. The maximum Gasteiger partial charge on any atom is 0.0557 e. The first-order valence-electron chi connectivity index (χ1n) is 4.43. The van der Waals surface area contributed by atoms with E-state index in [-0.39, 0.29) is 5.38 Å². The van der Waals surface area contributed by atoms with Gasteiger partial charge in [0.05, 0.1) is 5.38 Å². The van der Waals surface area contributed by atoms with Gasteiger partial charge in [0.1, 0.15) is 0 Å². The zero-order valence-electron chi connectivity index (χ0n) is 8.39. The van der Waals surface area contributed by atoms with Gasteiger partial charge >= 0.3 is 0 Å². The van der Waals surface area contributed by atoms with Gasteiger partial charge in [0.25, 0.3) is 0 Å². The van der Waals surface area contributed by atoms with Crippen LogP contribution in [0, 0.1) is 6.92 Å². The standard InChI is InChI=1S/C12H15Cl/c1-8(2)12-6-5-11(10(4)13)7-9(12)3/h5-7,10H,1H2,2-4H3. The third kappa shape index (κ3) is 2.35. The Hall–Kier alpha value is -0.750. The zero-order chi connectivity index (χ0) is 10.0. The first-order valence-corrected chi connectivity index (χ1v) is 4.86. The smallest absolute Gasteiger partial charge is 0.0557 e. The molecule has 13 heavy (non-hydrogen) atoms. The molecule has 1 heteroatoms. The Morgan fingerprint density at radius 3 is 2.46 bits per heavy atom. The number of rotatable bonds is 2. The van der Waals surface area contributed by atoms with E-state index in [0.29, 0.717) is 0 Å². The molecule has 0 aliphatic rings. The van der Waals surface area contributed by atoms with E-state index in [2.05, 4.69) is 31.7 Å². The van der Waals surface area contributed by atoms with Crippen molar-refractivity contribution in [1.82, 2.24) is 0 Å². The Morgan fingerprint density at radius 1 is 1.46 bits per heavy atom. The lowest BCUT2D eigenvalue weighted by Gasteiger charge is -2.09. The minimum atomic E-state index is 0.0814. The Labute approximate surface area is 85.2 Å². The van der Waals surface area contributed by atoms with Crippen LogP contribution in [-0.2, 0) is 0 Å². The van der Waals surface area contributed by atoms with Gasteiger partial charge in [-0.2, -0.15) is 0 Å². The molecule has 1 aromatic rings. The van der Waals surface area contributed by atoms with Gasteiger partial charge in [-0.1, -0.05) is 30.4 Å². The summed E-state index contributed by atoms with van der Waals surface area (Å²) in [4.78, 5) is 0. The summed E-state index contributed by atoms with van der Waals surface area (Å²) in [6.07, 6.45) is 0. The predicted octanol–water partition coefficient (Wildman–Crippen LogP) is 4.33. The van der Waals surface area contributed by atoms with Crippen LogP contribution in [0.15, 0.2) is 24.8 Å². The fourth-order valence-electron chi connectivity index (χ4n) is 1.41. The van der Waals surface area contributed by atoms with Gasteiger partial charge in [0.2, 0.25) is 0 Å². The van der Waals surface area contributed by atoms with Crippen LogP contribution in [0.3, 0.4) is 0 Å². The van der Waals surface area contributed by atoms with Crippen molar-refractivity contribution in [3.8, 4) is 0 Å². The monoisotopic (exact) mass is 194 g/mol. The molecular formula is C12H15Cl. The third-order valence-electron chi connectivity index (χ3n) is 2.17. The van der Waals surface area contributed by atoms with Crippen LogP contribution in [-0.4, -0.2) is 0 Å². The summed E-state index contributed by atoms with van der Waals surface area (Å²) >= 11 is 5.98. The molecule has 0 heterocycles. The van der Waals surface area contributed by atoms with Crippen LogP contribution >= 0.6 is 11.6 Å². The van der Waals surface area contributed by atoms with E-state index in [9.17, 15) is 0 Å². The molecule has 0 aliphatic carbocycles. The van der Waals surface area contributed by atoms with Crippen LogP contribution < -0.4 is 0 Å². The van der Waals surface area contributed by atoms with Crippen LogP contribution in [0.4, 0.5) is 0 Å². The van der Waals surface area contributed by atoms with Gasteiger partial charge in [-0.15, -0.1) is 11.6 Å². The van der Waals surface area contributed by atoms with Gasteiger partial charge in [0.15, 0.2) is 0 Å². The molecule has 0 nitrogen and oxygen atoms in total. The van der Waals surface area contributed by atoms with E-state index in [4.69, 9.17) is 11.6 Å². The largest absolute Gasteiger partial charge is 0.118 e. The molecule has 1 rings (SSSR count). The number of halogens is 1. The third-order valence-corrected chi connectivity index (χ3v) is 2.42. The van der Waals surface area contributed by atoms with Crippen molar-refractivity contribution in [1.29, 1.82) is 0 Å². The Bertz CT molecular complexity index is 324. The molecule has 1 unspecified atom stereocenters. The van der Waals surface area contributed by atoms with Crippen molar-refractivity contribution in [2.24, 2.45) is 0 Å². The van der Waals surface area contributed by atoms with Crippen molar-refractivity contribution in [3.63, 3.8) is 0 Å². The molecule has 0 fully saturated rings. The normalized spacial score (nSPS) is 12.6. The Balaban J connectivity index is 3.13. The second kappa shape index (κ2) is 3.97. The molecule has 1 atom stereocenters. The predicted molar refractivity (Wildman–Crippen MR) is 60.2 cm³/mol. The van der Waals surface area contributed by atoms with E-state index in [1.807, 2.05) is 13.8 Å². The number of allylic oxidation sites excluding steroid dienone is 1. The summed E-state index contributed by atoms with van der Waals surface area (Å²) in [5, 5.41) is 0.0814. The maximum atomic E-state index is 5.98. The van der Waals surface area contributed by atoms with Crippen LogP contribution in [0.25, 0.3) is 5.57 Å². The minimum absolute atomic E-state index is 0.0814. The lowest BCUT2D eigenvalue weighted by Crippen LogP contribution is -1.89. The molecule has 0 spiro atoms. The molecule has 0 aromatic heterocycles. The molecule has 0 saturated heterocycles. The van der Waals surface area contributed by atoms with E-state index >= 15 is 0 Å². The lowest BCUT2D eigenvalue weighted by molar-refractivity contribution is 1.08. The number of aryl methyl sites for hydroxylation is 1. The van der Waals surface area contributed by atoms with Gasteiger partial charge in [-0.25, -0.2) is 0 Å². The average molecular weight is 195 g/mol. The molecule has 0 amide bonds. The Kier molecular flexibility index (Phi) is 3.16. The zero-order valence-corrected chi connectivity index (χ0v) is 9.15. The van der Waals surface area contributed by atoms with Crippen molar-refractivity contribution in [2.75, 3.05) is 0 Å². The number of hydrogen-bond donors (Lipinski definition) is 0. The quantitative estimate of drug-likeness (QED) is 0.615. The fraction of sp³-hybridized carbons (Fsp3) is 0.333. The first kappa shape index (κ1) is 10.3. The van der Waals surface area contributed by atoms with E-state index in [1.165, 1.54) is 16.7 Å². The van der Waals surface area contributed by atoms with E-state index in [1.54, 1.807) is 0 Å². The number of benzene rings is 1. The van der Waals surface area contributed by atoms with Crippen LogP contribution in [0.5, 0.6) is 0 Å². The lowest BCUT2D eigenvalue weighted by atomic mass is 9.99. The van der Waals surface area contributed by atoms with Gasteiger partial charge < -0.3 is 0 Å². The number of hydrogen-bond acceptors (Lipinski definition) is 0. The molecule has 1 aromatic carbocycles. The molecule has 70 valence electrons. The molecule has 0 N–H and O–H groups in total. The van der Waals surface area contributed by atoms with Crippen LogP contribution in [0.1, 0.15) is 35.9 Å². The topological polar surface area (TPSA) is 0 Å². The maximum absolute atomic E-state index is 5.98. The van der Waals surface area contributed by atoms with E-state index < -0.39 is 0 Å². The summed E-state index contributed by atoms with van der Waals surface area (Å²) in [5.41, 5.74) is 4.74. The summed E-state index contributed by atoms with van der Waals surface area (Å²) in [7, 11) is 0. The minimum Gasteiger partial charge on any atom is -0.118 e. The molecule has 0 radical (unpaired) electrons. The van der Waals surface area contributed by atoms with Crippen molar-refractivity contribution in [2.45, 2.75) is 26.1 Å². The van der Waals surface area contributed by atoms with Gasteiger partial charge in [-0.3, -0.25) is 0 Å². The number of alkyl halides is 1. The molecule has 0 saturated carbocycles. The highest BCUT2D eigenvalue weighted by atomic mass is 35.5. The summed E-state index contributed by atoms with van der Waals surface area (Å²) in [6, 6.07) is 6.28. The second-order valence-corrected chi connectivity index (χ2v) is 4.13. The van der Waals surface area contributed by atoms with Gasteiger partial charge in [-0.05, 0) is 37.5 Å². The summed E-state index contributed by atoms with van der Waals surface area (Å²) in [5.74, 6) is 0. The highest BCUT2D eigenvalue weighted by Gasteiger charge is 2.04. The highest BCUT2D eigenvalue weighted by Crippen LogP contribution is 2.24. The fourth-order valence-corrected chi connectivity index (χ4v) is 1.55. The summed E-state index contributed by atoms with van der Waals surface area (Å²) < 4.78 is 0. The molecular weight excluding hydrogens is 180 g/mol.